The predicted octanol–water partition coefficient (Wildman–Crippen LogP) is 4.38. The third kappa shape index (κ3) is 4.66. The van der Waals surface area contributed by atoms with Crippen molar-refractivity contribution in [1.82, 2.24) is 9.80 Å². The summed E-state index contributed by atoms with van der Waals surface area (Å²) in [4.78, 5) is 5.14. The molecule has 0 radical (unpaired) electrons. The fourth-order valence-corrected chi connectivity index (χ4v) is 3.48. The van der Waals surface area contributed by atoms with Crippen molar-refractivity contribution in [3.05, 3.63) is 69.2 Å². The summed E-state index contributed by atoms with van der Waals surface area (Å²) < 4.78 is 1.15. The van der Waals surface area contributed by atoms with E-state index in [1.54, 1.807) is 0 Å². The quantitative estimate of drug-likeness (QED) is 0.785. The number of halogens is 1. The summed E-state index contributed by atoms with van der Waals surface area (Å²) in [5, 5.41) is 0. The van der Waals surface area contributed by atoms with E-state index in [1.165, 1.54) is 22.3 Å². The van der Waals surface area contributed by atoms with Crippen molar-refractivity contribution >= 4 is 15.9 Å². The molecule has 0 spiro atoms. The Bertz CT molecular complexity index is 643. The summed E-state index contributed by atoms with van der Waals surface area (Å²) >= 11 is 3.50. The first-order chi connectivity index (χ1) is 11.1. The Morgan fingerprint density at radius 1 is 0.826 bits per heavy atom. The van der Waals surface area contributed by atoms with Gasteiger partial charge in [0.1, 0.15) is 0 Å². The first-order valence-electron chi connectivity index (χ1n) is 8.35. The minimum absolute atomic E-state index is 1.06. The van der Waals surface area contributed by atoms with Gasteiger partial charge in [-0.3, -0.25) is 9.80 Å². The molecule has 1 aliphatic heterocycles. The second-order valence-corrected chi connectivity index (χ2v) is 7.52. The molecule has 0 N–H and O–H groups in total. The Hall–Kier alpha value is -1.16. The van der Waals surface area contributed by atoms with Gasteiger partial charge in [0.2, 0.25) is 0 Å². The number of benzene rings is 2. The molecule has 1 fully saturated rings. The Morgan fingerprint density at radius 2 is 1.43 bits per heavy atom. The minimum Gasteiger partial charge on any atom is -0.297 e. The van der Waals surface area contributed by atoms with E-state index in [-0.39, 0.29) is 0 Å². The molecule has 2 aromatic carbocycles. The lowest BCUT2D eigenvalue weighted by atomic mass is 10.1. The van der Waals surface area contributed by atoms with E-state index < -0.39 is 0 Å². The Balaban J connectivity index is 1.51. The van der Waals surface area contributed by atoms with Gasteiger partial charge >= 0.3 is 0 Å². The van der Waals surface area contributed by atoms with E-state index in [9.17, 15) is 0 Å². The highest BCUT2D eigenvalue weighted by atomic mass is 79.9. The smallest absolute Gasteiger partial charge is 0.0237 e. The van der Waals surface area contributed by atoms with Crippen LogP contribution in [0.1, 0.15) is 22.3 Å². The standard InChI is InChI=1S/C20H25BrN2/c1-16-3-6-19(17(2)13-16)15-23-11-9-22(10-12-23)14-18-4-7-20(21)8-5-18/h3-8,13H,9-12,14-15H2,1-2H3. The van der Waals surface area contributed by atoms with Gasteiger partial charge < -0.3 is 0 Å². The van der Waals surface area contributed by atoms with Crippen LogP contribution in [0, 0.1) is 13.8 Å². The first-order valence-corrected chi connectivity index (χ1v) is 9.15. The molecule has 23 heavy (non-hydrogen) atoms. The minimum atomic E-state index is 1.06. The van der Waals surface area contributed by atoms with Crippen LogP contribution in [0.5, 0.6) is 0 Å². The van der Waals surface area contributed by atoms with Gasteiger partial charge in [-0.2, -0.15) is 0 Å². The Kier molecular flexibility index (Phi) is 5.52. The lowest BCUT2D eigenvalue weighted by molar-refractivity contribution is 0.122. The van der Waals surface area contributed by atoms with Gasteiger partial charge in [0.05, 0.1) is 0 Å². The van der Waals surface area contributed by atoms with Gasteiger partial charge in [-0.25, -0.2) is 0 Å². The zero-order valence-electron chi connectivity index (χ0n) is 14.1. The zero-order valence-corrected chi connectivity index (χ0v) is 15.6. The zero-order chi connectivity index (χ0) is 16.2. The van der Waals surface area contributed by atoms with E-state index in [1.807, 2.05) is 0 Å². The van der Waals surface area contributed by atoms with Gasteiger partial charge in [0.25, 0.3) is 0 Å². The third-order valence-corrected chi connectivity index (χ3v) is 5.21. The van der Waals surface area contributed by atoms with Crippen LogP contribution in [0.3, 0.4) is 0 Å². The van der Waals surface area contributed by atoms with Gasteiger partial charge in [0, 0.05) is 43.7 Å². The first kappa shape index (κ1) is 16.7. The number of aryl methyl sites for hydroxylation is 2. The highest BCUT2D eigenvalue weighted by Gasteiger charge is 2.17. The summed E-state index contributed by atoms with van der Waals surface area (Å²) in [7, 11) is 0. The highest BCUT2D eigenvalue weighted by molar-refractivity contribution is 9.10. The molecule has 122 valence electrons. The predicted molar refractivity (Wildman–Crippen MR) is 101 cm³/mol. The maximum Gasteiger partial charge on any atom is 0.0237 e. The van der Waals surface area contributed by atoms with E-state index >= 15 is 0 Å². The molecule has 2 nitrogen and oxygen atoms in total. The molecular formula is C20H25BrN2. The lowest BCUT2D eigenvalue weighted by Gasteiger charge is -2.35. The topological polar surface area (TPSA) is 6.48 Å². The number of nitrogens with zero attached hydrogens (tertiary/aromatic N) is 2. The molecule has 3 heteroatoms. The average molecular weight is 373 g/mol. The van der Waals surface area contributed by atoms with E-state index in [0.717, 1.165) is 43.7 Å². The molecular weight excluding hydrogens is 348 g/mol. The summed E-state index contributed by atoms with van der Waals surface area (Å²) in [5.41, 5.74) is 5.64. The highest BCUT2D eigenvalue weighted by Crippen LogP contribution is 2.16. The van der Waals surface area contributed by atoms with Crippen molar-refractivity contribution in [1.29, 1.82) is 0 Å². The fraction of sp³-hybridized carbons (Fsp3) is 0.400. The molecule has 0 bridgehead atoms. The molecule has 1 heterocycles. The van der Waals surface area contributed by atoms with Crippen molar-refractivity contribution < 1.29 is 0 Å². The summed E-state index contributed by atoms with van der Waals surface area (Å²) in [5.74, 6) is 0. The van der Waals surface area contributed by atoms with Crippen LogP contribution >= 0.6 is 15.9 Å². The fourth-order valence-electron chi connectivity index (χ4n) is 3.22. The lowest BCUT2D eigenvalue weighted by Crippen LogP contribution is -2.45. The second kappa shape index (κ2) is 7.61. The van der Waals surface area contributed by atoms with Crippen molar-refractivity contribution in [3.63, 3.8) is 0 Å². The molecule has 0 aliphatic carbocycles. The van der Waals surface area contributed by atoms with Crippen LogP contribution in [0.25, 0.3) is 0 Å². The average Bonchev–Trinajstić information content (AvgIpc) is 2.54. The maximum atomic E-state index is 3.50. The number of hydrogen-bond donors (Lipinski definition) is 0. The summed E-state index contributed by atoms with van der Waals surface area (Å²) in [6, 6.07) is 15.5. The van der Waals surface area contributed by atoms with E-state index in [2.05, 4.69) is 82.0 Å². The second-order valence-electron chi connectivity index (χ2n) is 6.61. The van der Waals surface area contributed by atoms with Gasteiger partial charge in [0.15, 0.2) is 0 Å². The normalized spacial score (nSPS) is 16.7. The Morgan fingerprint density at radius 3 is 2.04 bits per heavy atom. The summed E-state index contributed by atoms with van der Waals surface area (Å²) in [6.45, 7) is 11.2. The van der Waals surface area contributed by atoms with E-state index in [4.69, 9.17) is 0 Å². The van der Waals surface area contributed by atoms with Crippen molar-refractivity contribution in [2.24, 2.45) is 0 Å². The number of hydrogen-bond acceptors (Lipinski definition) is 2. The number of rotatable bonds is 4. The van der Waals surface area contributed by atoms with Gasteiger partial charge in [-0.05, 0) is 42.7 Å². The monoisotopic (exact) mass is 372 g/mol. The van der Waals surface area contributed by atoms with Gasteiger partial charge in [-0.15, -0.1) is 0 Å². The van der Waals surface area contributed by atoms with Crippen LogP contribution < -0.4 is 0 Å². The molecule has 1 saturated heterocycles. The van der Waals surface area contributed by atoms with Gasteiger partial charge in [-0.1, -0.05) is 51.8 Å². The molecule has 2 aromatic rings. The molecule has 0 amide bonds. The molecule has 0 saturated carbocycles. The maximum absolute atomic E-state index is 3.50. The largest absolute Gasteiger partial charge is 0.297 e. The van der Waals surface area contributed by atoms with Crippen LogP contribution in [0.4, 0.5) is 0 Å². The molecule has 1 aliphatic rings. The van der Waals surface area contributed by atoms with Crippen LogP contribution in [0.15, 0.2) is 46.9 Å². The number of piperazine rings is 1. The van der Waals surface area contributed by atoms with E-state index in [0.29, 0.717) is 0 Å². The SMILES string of the molecule is Cc1ccc(CN2CCN(Cc3ccc(Br)cc3)CC2)c(C)c1. The molecule has 3 rings (SSSR count). The third-order valence-electron chi connectivity index (χ3n) is 4.68. The van der Waals surface area contributed by atoms with Crippen LogP contribution in [-0.4, -0.2) is 36.0 Å². The summed E-state index contributed by atoms with van der Waals surface area (Å²) in [6.07, 6.45) is 0. The van der Waals surface area contributed by atoms with Crippen LogP contribution in [-0.2, 0) is 13.1 Å². The molecule has 0 aromatic heterocycles. The molecule has 0 atom stereocenters. The van der Waals surface area contributed by atoms with Crippen molar-refractivity contribution in [3.8, 4) is 0 Å². The molecule has 0 unspecified atom stereocenters. The van der Waals surface area contributed by atoms with Crippen molar-refractivity contribution in [2.45, 2.75) is 26.9 Å². The van der Waals surface area contributed by atoms with Crippen LogP contribution in [0.2, 0.25) is 0 Å². The van der Waals surface area contributed by atoms with Crippen molar-refractivity contribution in [2.75, 3.05) is 26.2 Å². The Labute approximate surface area is 148 Å².